The number of ether oxygens (including phenoxy) is 1. The van der Waals surface area contributed by atoms with E-state index >= 15 is 0 Å². The number of benzene rings is 2. The first-order valence-electron chi connectivity index (χ1n) is 7.81. The molecule has 0 atom stereocenters. The van der Waals surface area contributed by atoms with Crippen molar-refractivity contribution >= 4 is 15.7 Å². The Morgan fingerprint density at radius 3 is 2.38 bits per heavy atom. The third-order valence-corrected chi connectivity index (χ3v) is 5.53. The molecule has 136 valence electrons. The van der Waals surface area contributed by atoms with Crippen molar-refractivity contribution in [2.45, 2.75) is 18.7 Å². The Morgan fingerprint density at radius 1 is 1.08 bits per heavy atom. The van der Waals surface area contributed by atoms with Crippen LogP contribution in [-0.4, -0.2) is 25.3 Å². The Morgan fingerprint density at radius 2 is 1.73 bits per heavy atom. The van der Waals surface area contributed by atoms with Gasteiger partial charge in [-0.3, -0.25) is 4.72 Å². The van der Waals surface area contributed by atoms with E-state index in [1.54, 1.807) is 50.2 Å². The summed E-state index contributed by atoms with van der Waals surface area (Å²) in [7, 11) is -2.42. The fraction of sp³-hybridized carbons (Fsp3) is 0.167. The molecule has 6 nitrogen and oxygen atoms in total. The van der Waals surface area contributed by atoms with Gasteiger partial charge in [-0.25, -0.2) is 17.5 Å². The first kappa shape index (κ1) is 17.9. The Labute approximate surface area is 151 Å². The Bertz CT molecular complexity index is 1040. The summed E-state index contributed by atoms with van der Waals surface area (Å²) >= 11 is 0. The number of methoxy groups -OCH3 is 1. The second-order valence-corrected chi connectivity index (χ2v) is 7.31. The number of para-hydroxylation sites is 2. The minimum atomic E-state index is -3.89. The van der Waals surface area contributed by atoms with Crippen LogP contribution in [-0.2, 0) is 10.0 Å². The molecule has 0 radical (unpaired) electrons. The van der Waals surface area contributed by atoms with Gasteiger partial charge >= 0.3 is 0 Å². The van der Waals surface area contributed by atoms with Crippen LogP contribution in [0.15, 0.2) is 53.4 Å². The van der Waals surface area contributed by atoms with E-state index < -0.39 is 10.0 Å². The van der Waals surface area contributed by atoms with Gasteiger partial charge in [-0.15, -0.1) is 0 Å². The first-order valence-corrected chi connectivity index (χ1v) is 9.30. The van der Waals surface area contributed by atoms with Crippen molar-refractivity contribution in [2.75, 3.05) is 11.8 Å². The van der Waals surface area contributed by atoms with Gasteiger partial charge in [0.25, 0.3) is 10.0 Å². The summed E-state index contributed by atoms with van der Waals surface area (Å²) in [5.41, 5.74) is 1.68. The lowest BCUT2D eigenvalue weighted by Gasteiger charge is -2.12. The van der Waals surface area contributed by atoms with E-state index in [1.807, 2.05) is 0 Å². The van der Waals surface area contributed by atoms with Crippen molar-refractivity contribution in [1.82, 2.24) is 9.78 Å². The van der Waals surface area contributed by atoms with Gasteiger partial charge in [0.2, 0.25) is 0 Å². The summed E-state index contributed by atoms with van der Waals surface area (Å²) in [4.78, 5) is 0.0766. The highest BCUT2D eigenvalue weighted by molar-refractivity contribution is 7.92. The minimum absolute atomic E-state index is 0.0766. The molecule has 0 spiro atoms. The molecule has 3 rings (SSSR count). The maximum absolute atomic E-state index is 13.1. The molecule has 0 bridgehead atoms. The van der Waals surface area contributed by atoms with Crippen molar-refractivity contribution < 1.29 is 17.5 Å². The molecule has 8 heteroatoms. The van der Waals surface area contributed by atoms with Crippen molar-refractivity contribution in [3.05, 3.63) is 65.7 Å². The lowest BCUT2D eigenvalue weighted by Crippen LogP contribution is -2.15. The molecule has 0 aliphatic carbocycles. The van der Waals surface area contributed by atoms with Crippen LogP contribution in [0, 0.1) is 19.7 Å². The highest BCUT2D eigenvalue weighted by Gasteiger charge is 2.26. The number of hydrogen-bond donors (Lipinski definition) is 1. The molecule has 1 N–H and O–H groups in total. The number of halogens is 1. The SMILES string of the molecule is COc1ccccc1NS(=O)(=O)c1c(C)nn(-c2ccc(F)cc2)c1C. The van der Waals surface area contributed by atoms with Crippen molar-refractivity contribution in [3.63, 3.8) is 0 Å². The molecule has 1 aromatic heterocycles. The van der Waals surface area contributed by atoms with E-state index in [2.05, 4.69) is 9.82 Å². The molecule has 1 heterocycles. The lowest BCUT2D eigenvalue weighted by molar-refractivity contribution is 0.417. The molecule has 0 aliphatic heterocycles. The standard InChI is InChI=1S/C18H18FN3O3S/c1-12-18(13(2)22(20-12)15-10-8-14(19)9-11-15)26(23,24)21-16-6-4-5-7-17(16)25-3/h4-11,21H,1-3H3. The Hall–Kier alpha value is -2.87. The number of sulfonamides is 1. The van der Waals surface area contributed by atoms with Crippen molar-refractivity contribution in [2.24, 2.45) is 0 Å². The third kappa shape index (κ3) is 3.28. The number of anilines is 1. The third-order valence-electron chi connectivity index (χ3n) is 3.92. The van der Waals surface area contributed by atoms with Crippen LogP contribution >= 0.6 is 0 Å². The topological polar surface area (TPSA) is 73.2 Å². The predicted molar refractivity (Wildman–Crippen MR) is 96.8 cm³/mol. The number of aromatic nitrogens is 2. The Balaban J connectivity index is 2.04. The molecule has 0 amide bonds. The van der Waals surface area contributed by atoms with Crippen LogP contribution in [0.2, 0.25) is 0 Å². The summed E-state index contributed by atoms with van der Waals surface area (Å²) in [6, 6.07) is 12.4. The molecule has 26 heavy (non-hydrogen) atoms. The van der Waals surface area contributed by atoms with Gasteiger partial charge in [-0.2, -0.15) is 5.10 Å². The normalized spacial score (nSPS) is 11.4. The molecule has 2 aromatic carbocycles. The fourth-order valence-electron chi connectivity index (χ4n) is 2.78. The van der Waals surface area contributed by atoms with Crippen molar-refractivity contribution in [3.8, 4) is 11.4 Å². The maximum atomic E-state index is 13.1. The summed E-state index contributed by atoms with van der Waals surface area (Å²) < 4.78 is 48.2. The van der Waals surface area contributed by atoms with E-state index in [0.717, 1.165) is 0 Å². The first-order chi connectivity index (χ1) is 12.3. The van der Waals surface area contributed by atoms with Gasteiger partial charge in [0, 0.05) is 0 Å². The summed E-state index contributed by atoms with van der Waals surface area (Å²) in [6.45, 7) is 3.27. The lowest BCUT2D eigenvalue weighted by atomic mass is 10.3. The molecule has 0 fully saturated rings. The Kier molecular flexibility index (Phi) is 4.69. The molecule has 0 aliphatic rings. The largest absolute Gasteiger partial charge is 0.495 e. The molecular formula is C18H18FN3O3S. The van der Waals surface area contributed by atoms with Gasteiger partial charge in [0.1, 0.15) is 16.5 Å². The number of rotatable bonds is 5. The average Bonchev–Trinajstić information content (AvgIpc) is 2.91. The zero-order valence-corrected chi connectivity index (χ0v) is 15.3. The van der Waals surface area contributed by atoms with Crippen LogP contribution in [0.3, 0.4) is 0 Å². The van der Waals surface area contributed by atoms with Crippen molar-refractivity contribution in [1.29, 1.82) is 0 Å². The minimum Gasteiger partial charge on any atom is -0.495 e. The van der Waals surface area contributed by atoms with Gasteiger partial charge < -0.3 is 4.74 Å². The van der Waals surface area contributed by atoms with Crippen LogP contribution in [0.4, 0.5) is 10.1 Å². The molecule has 3 aromatic rings. The molecule has 0 unspecified atom stereocenters. The quantitative estimate of drug-likeness (QED) is 0.741. The second-order valence-electron chi connectivity index (χ2n) is 5.69. The number of nitrogens with one attached hydrogen (secondary N) is 1. The fourth-order valence-corrected chi connectivity index (χ4v) is 4.24. The summed E-state index contributed by atoms with van der Waals surface area (Å²) in [6.07, 6.45) is 0. The van der Waals surface area contributed by atoms with E-state index in [-0.39, 0.29) is 10.7 Å². The van der Waals surface area contributed by atoms with Crippen LogP contribution in [0.1, 0.15) is 11.4 Å². The van der Waals surface area contributed by atoms with E-state index in [9.17, 15) is 12.8 Å². The highest BCUT2D eigenvalue weighted by atomic mass is 32.2. The van der Waals surface area contributed by atoms with E-state index in [0.29, 0.717) is 28.5 Å². The number of nitrogens with zero attached hydrogens (tertiary/aromatic N) is 2. The molecule has 0 saturated heterocycles. The van der Waals surface area contributed by atoms with Crippen LogP contribution in [0.25, 0.3) is 5.69 Å². The highest BCUT2D eigenvalue weighted by Crippen LogP contribution is 2.29. The van der Waals surface area contributed by atoms with Gasteiger partial charge in [-0.05, 0) is 50.2 Å². The van der Waals surface area contributed by atoms with Gasteiger partial charge in [-0.1, -0.05) is 12.1 Å². The number of aryl methyl sites for hydroxylation is 1. The predicted octanol–water partition coefficient (Wildman–Crippen LogP) is 3.44. The monoisotopic (exact) mass is 375 g/mol. The van der Waals surface area contributed by atoms with Crippen LogP contribution in [0.5, 0.6) is 5.75 Å². The second kappa shape index (κ2) is 6.80. The molecule has 0 saturated carbocycles. The van der Waals surface area contributed by atoms with Crippen LogP contribution < -0.4 is 9.46 Å². The average molecular weight is 375 g/mol. The van der Waals surface area contributed by atoms with E-state index in [1.165, 1.54) is 23.9 Å². The zero-order valence-electron chi connectivity index (χ0n) is 14.5. The van der Waals surface area contributed by atoms with Gasteiger partial charge in [0.15, 0.2) is 0 Å². The summed E-state index contributed by atoms with van der Waals surface area (Å²) in [5, 5.41) is 4.30. The van der Waals surface area contributed by atoms with E-state index in [4.69, 9.17) is 4.74 Å². The zero-order chi connectivity index (χ0) is 18.9. The summed E-state index contributed by atoms with van der Waals surface area (Å²) in [5.74, 6) is 0.0401. The van der Waals surface area contributed by atoms with Gasteiger partial charge in [0.05, 0.1) is 29.9 Å². The maximum Gasteiger partial charge on any atom is 0.265 e. The molecular weight excluding hydrogens is 357 g/mol. The number of hydrogen-bond acceptors (Lipinski definition) is 4. The smallest absolute Gasteiger partial charge is 0.265 e.